The van der Waals surface area contributed by atoms with Gasteiger partial charge in [0, 0.05) is 17.4 Å². The van der Waals surface area contributed by atoms with Crippen molar-refractivity contribution in [2.45, 2.75) is 25.9 Å². The molecule has 0 fully saturated rings. The van der Waals surface area contributed by atoms with Crippen molar-refractivity contribution in [1.82, 2.24) is 0 Å². The Balaban J connectivity index is 2.30. The van der Waals surface area contributed by atoms with Crippen molar-refractivity contribution >= 4 is 16.8 Å². The summed E-state index contributed by atoms with van der Waals surface area (Å²) in [5.74, 6) is -1.36. The lowest BCUT2D eigenvalue weighted by Crippen LogP contribution is -2.11. The zero-order valence-corrected chi connectivity index (χ0v) is 9.97. The molecule has 1 aromatic carbocycles. The molecule has 0 aliphatic carbocycles. The molecule has 0 atom stereocenters. The molecule has 6 heteroatoms. The normalized spacial score (nSPS) is 12.1. The van der Waals surface area contributed by atoms with E-state index in [0.29, 0.717) is 10.9 Å². The maximum absolute atomic E-state index is 13.1. The van der Waals surface area contributed by atoms with Gasteiger partial charge in [-0.15, -0.1) is 0 Å². The van der Waals surface area contributed by atoms with E-state index < -0.39 is 30.6 Å². The van der Waals surface area contributed by atoms with E-state index in [1.165, 1.54) is 19.1 Å². The molecular weight excluding hydrogens is 264 g/mol. The van der Waals surface area contributed by atoms with E-state index in [1.807, 2.05) is 0 Å². The van der Waals surface area contributed by atoms with Crippen LogP contribution in [0.1, 0.15) is 29.0 Å². The summed E-state index contributed by atoms with van der Waals surface area (Å²) in [5, 5.41) is 0.398. The van der Waals surface area contributed by atoms with Crippen molar-refractivity contribution in [3.8, 4) is 0 Å². The van der Waals surface area contributed by atoms with Crippen LogP contribution in [0.25, 0.3) is 11.0 Å². The van der Waals surface area contributed by atoms with Crippen molar-refractivity contribution in [3.05, 3.63) is 35.3 Å². The lowest BCUT2D eigenvalue weighted by molar-refractivity contribution is -0.133. The first kappa shape index (κ1) is 13.6. The van der Waals surface area contributed by atoms with Gasteiger partial charge in [0.2, 0.25) is 0 Å². The van der Waals surface area contributed by atoms with Gasteiger partial charge in [-0.2, -0.15) is 13.2 Å². The average Bonchev–Trinajstić information content (AvgIpc) is 2.63. The van der Waals surface area contributed by atoms with Crippen LogP contribution >= 0.6 is 0 Å². The quantitative estimate of drug-likeness (QED) is 0.613. The fourth-order valence-corrected chi connectivity index (χ4v) is 1.83. The molecule has 102 valence electrons. The summed E-state index contributed by atoms with van der Waals surface area (Å²) >= 11 is 0. The summed E-state index contributed by atoms with van der Waals surface area (Å²) < 4.78 is 54.4. The van der Waals surface area contributed by atoms with Crippen molar-refractivity contribution in [2.24, 2.45) is 0 Å². The zero-order valence-electron chi connectivity index (χ0n) is 9.97. The minimum atomic E-state index is -4.39. The topological polar surface area (TPSA) is 30.2 Å². The lowest BCUT2D eigenvalue weighted by Gasteiger charge is -2.04. The number of alkyl halides is 3. The number of carbonyl (C=O) groups is 1. The Hall–Kier alpha value is -1.85. The molecule has 1 aromatic heterocycles. The van der Waals surface area contributed by atoms with Crippen LogP contribution in [-0.2, 0) is 0 Å². The van der Waals surface area contributed by atoms with Crippen LogP contribution in [0, 0.1) is 12.7 Å². The number of carbonyl (C=O) groups excluding carboxylic acids is 1. The van der Waals surface area contributed by atoms with Gasteiger partial charge in [-0.1, -0.05) is 0 Å². The van der Waals surface area contributed by atoms with Crippen LogP contribution in [0.3, 0.4) is 0 Å². The molecule has 19 heavy (non-hydrogen) atoms. The predicted molar refractivity (Wildman–Crippen MR) is 60.5 cm³/mol. The smallest absolute Gasteiger partial charge is 0.389 e. The lowest BCUT2D eigenvalue weighted by atomic mass is 10.1. The first-order valence-corrected chi connectivity index (χ1v) is 5.56. The summed E-state index contributed by atoms with van der Waals surface area (Å²) in [7, 11) is 0. The maximum atomic E-state index is 13.1. The highest BCUT2D eigenvalue weighted by Crippen LogP contribution is 2.29. The summed E-state index contributed by atoms with van der Waals surface area (Å²) in [4.78, 5) is 11.7. The minimum Gasteiger partial charge on any atom is -0.453 e. The molecule has 0 saturated heterocycles. The number of halogens is 4. The average molecular weight is 274 g/mol. The van der Waals surface area contributed by atoms with Crippen LogP contribution in [0.4, 0.5) is 17.6 Å². The fourth-order valence-electron chi connectivity index (χ4n) is 1.83. The molecule has 2 rings (SSSR count). The highest BCUT2D eigenvalue weighted by Gasteiger charge is 2.29. The Morgan fingerprint density at radius 1 is 1.32 bits per heavy atom. The van der Waals surface area contributed by atoms with Gasteiger partial charge in [-0.3, -0.25) is 4.79 Å². The Labute approximate surface area is 106 Å². The fraction of sp³-hybridized carbons (Fsp3) is 0.308. The molecule has 1 heterocycles. The molecule has 2 aromatic rings. The predicted octanol–water partition coefficient (Wildman–Crippen LogP) is 4.41. The summed E-state index contributed by atoms with van der Waals surface area (Å²) in [6.07, 6.45) is -6.26. The van der Waals surface area contributed by atoms with Gasteiger partial charge in [0.05, 0.1) is 6.42 Å². The summed E-state index contributed by atoms with van der Waals surface area (Å²) in [6.45, 7) is 1.52. The summed E-state index contributed by atoms with van der Waals surface area (Å²) in [5.41, 5.74) is 0.649. The third kappa shape index (κ3) is 2.94. The second kappa shape index (κ2) is 4.68. The number of Topliss-reactive ketones (excluding diaryl/α,β-unsaturated/α-hetero) is 1. The Bertz CT molecular complexity index is 625. The molecule has 0 bridgehead atoms. The number of hydrogen-bond acceptors (Lipinski definition) is 2. The second-order valence-electron chi connectivity index (χ2n) is 4.24. The molecule has 0 spiro atoms. The van der Waals surface area contributed by atoms with Crippen LogP contribution in [0.2, 0.25) is 0 Å². The second-order valence-corrected chi connectivity index (χ2v) is 4.24. The number of rotatable bonds is 3. The van der Waals surface area contributed by atoms with E-state index in [1.54, 1.807) is 0 Å². The highest BCUT2D eigenvalue weighted by molar-refractivity contribution is 6.00. The Morgan fingerprint density at radius 3 is 2.63 bits per heavy atom. The van der Waals surface area contributed by atoms with Crippen LogP contribution in [-0.4, -0.2) is 12.0 Å². The molecule has 0 amide bonds. The van der Waals surface area contributed by atoms with Gasteiger partial charge >= 0.3 is 6.18 Å². The first-order chi connectivity index (χ1) is 8.78. The number of ketones is 1. The van der Waals surface area contributed by atoms with Gasteiger partial charge in [0.15, 0.2) is 11.5 Å². The monoisotopic (exact) mass is 274 g/mol. The van der Waals surface area contributed by atoms with Gasteiger partial charge in [-0.05, 0) is 25.1 Å². The van der Waals surface area contributed by atoms with E-state index in [2.05, 4.69) is 0 Å². The van der Waals surface area contributed by atoms with E-state index in [-0.39, 0.29) is 11.3 Å². The third-order valence-electron chi connectivity index (χ3n) is 2.79. The van der Waals surface area contributed by atoms with Crippen LogP contribution < -0.4 is 0 Å². The summed E-state index contributed by atoms with van der Waals surface area (Å²) in [6, 6.07) is 3.70. The van der Waals surface area contributed by atoms with E-state index in [0.717, 1.165) is 6.07 Å². The largest absolute Gasteiger partial charge is 0.453 e. The minimum absolute atomic E-state index is 0.134. The molecule has 0 unspecified atom stereocenters. The third-order valence-corrected chi connectivity index (χ3v) is 2.79. The van der Waals surface area contributed by atoms with Gasteiger partial charge < -0.3 is 4.42 Å². The number of hydrogen-bond donors (Lipinski definition) is 0. The standard InChI is InChI=1S/C13H10F4O2/c1-7-9-6-8(14)2-3-11(9)19-12(7)10(18)4-5-13(15,16)17/h2-3,6H,4-5H2,1H3. The molecule has 0 aliphatic rings. The van der Waals surface area contributed by atoms with E-state index in [4.69, 9.17) is 4.42 Å². The van der Waals surface area contributed by atoms with E-state index in [9.17, 15) is 22.4 Å². The molecule has 0 aliphatic heterocycles. The Morgan fingerprint density at radius 2 is 2.00 bits per heavy atom. The number of aryl methyl sites for hydroxylation is 1. The molecule has 0 radical (unpaired) electrons. The Kier molecular flexibility index (Phi) is 3.34. The van der Waals surface area contributed by atoms with Crippen molar-refractivity contribution in [2.75, 3.05) is 0 Å². The highest BCUT2D eigenvalue weighted by atomic mass is 19.4. The SMILES string of the molecule is Cc1c(C(=O)CCC(F)(F)F)oc2ccc(F)cc12. The molecular formula is C13H10F4O2. The van der Waals surface area contributed by atoms with Gasteiger partial charge in [-0.25, -0.2) is 4.39 Å². The van der Waals surface area contributed by atoms with Gasteiger partial charge in [0.25, 0.3) is 0 Å². The molecule has 0 saturated carbocycles. The van der Waals surface area contributed by atoms with Crippen molar-refractivity contribution in [1.29, 1.82) is 0 Å². The molecule has 2 nitrogen and oxygen atoms in total. The van der Waals surface area contributed by atoms with Crippen molar-refractivity contribution in [3.63, 3.8) is 0 Å². The number of fused-ring (bicyclic) bond motifs is 1. The molecule has 0 N–H and O–H groups in total. The van der Waals surface area contributed by atoms with Crippen molar-refractivity contribution < 1.29 is 26.8 Å². The maximum Gasteiger partial charge on any atom is 0.389 e. The van der Waals surface area contributed by atoms with Gasteiger partial charge in [0.1, 0.15) is 11.4 Å². The zero-order chi connectivity index (χ0) is 14.2. The number of furan rings is 1. The number of benzene rings is 1. The van der Waals surface area contributed by atoms with Crippen LogP contribution in [0.5, 0.6) is 0 Å². The van der Waals surface area contributed by atoms with Crippen LogP contribution in [0.15, 0.2) is 22.6 Å². The van der Waals surface area contributed by atoms with E-state index >= 15 is 0 Å². The first-order valence-electron chi connectivity index (χ1n) is 5.56.